The first kappa shape index (κ1) is 17.2. The quantitative estimate of drug-likeness (QED) is 0.261. The zero-order valence-corrected chi connectivity index (χ0v) is 18.9. The minimum Gasteiger partial charge on any atom is -0.141 e. The molecule has 0 spiro atoms. The highest BCUT2D eigenvalue weighted by Gasteiger charge is 2.11. The molecule has 0 radical (unpaired) electrons. The standard InChI is InChI=1S/C24H18S4/c1-13-9-15-3-4-16-11-17(28-24(16)23(15)26-13)5-6-18-12-20-19-10-14(2)25-21(19)7-8-22(20)27-18/h3-4,7-12H,5-6H2,1-2H3. The third-order valence-corrected chi connectivity index (χ3v) is 9.95. The summed E-state index contributed by atoms with van der Waals surface area (Å²) in [6.07, 6.45) is 2.26. The second-order valence-electron chi connectivity index (χ2n) is 7.43. The molecular weight excluding hydrogens is 417 g/mol. The summed E-state index contributed by atoms with van der Waals surface area (Å²) in [7, 11) is 0. The predicted molar refractivity (Wildman–Crippen MR) is 131 cm³/mol. The van der Waals surface area contributed by atoms with Crippen LogP contribution >= 0.6 is 45.3 Å². The van der Waals surface area contributed by atoms with Crippen molar-refractivity contribution in [3.63, 3.8) is 0 Å². The number of benzene rings is 2. The van der Waals surface area contributed by atoms with E-state index in [-0.39, 0.29) is 0 Å². The Labute approximate surface area is 179 Å². The van der Waals surface area contributed by atoms with Crippen LogP contribution in [0.15, 0.2) is 48.5 Å². The summed E-state index contributed by atoms with van der Waals surface area (Å²) < 4.78 is 5.77. The molecule has 0 atom stereocenters. The monoisotopic (exact) mass is 434 g/mol. The van der Waals surface area contributed by atoms with E-state index in [2.05, 4.69) is 62.4 Å². The summed E-state index contributed by atoms with van der Waals surface area (Å²) in [5.41, 5.74) is 0. The SMILES string of the molecule is Cc1cc2c(ccc3sc(CCc4cc5ccc6cc(C)sc6c5s4)cc32)s1. The average molecular weight is 435 g/mol. The van der Waals surface area contributed by atoms with Crippen LogP contribution in [0.2, 0.25) is 0 Å². The van der Waals surface area contributed by atoms with Gasteiger partial charge in [0.2, 0.25) is 0 Å². The molecule has 28 heavy (non-hydrogen) atoms. The highest BCUT2D eigenvalue weighted by molar-refractivity contribution is 7.27. The summed E-state index contributed by atoms with van der Waals surface area (Å²) in [5.74, 6) is 0. The van der Waals surface area contributed by atoms with Crippen molar-refractivity contribution in [3.8, 4) is 0 Å². The molecule has 0 unspecified atom stereocenters. The Balaban J connectivity index is 1.34. The van der Waals surface area contributed by atoms with Gasteiger partial charge >= 0.3 is 0 Å². The molecule has 0 aliphatic rings. The zero-order valence-electron chi connectivity index (χ0n) is 15.7. The summed E-state index contributed by atoms with van der Waals surface area (Å²) in [4.78, 5) is 5.80. The van der Waals surface area contributed by atoms with E-state index >= 15 is 0 Å². The number of aryl methyl sites for hydroxylation is 4. The fraction of sp³-hybridized carbons (Fsp3) is 0.167. The van der Waals surface area contributed by atoms with Gasteiger partial charge in [0.05, 0.1) is 9.40 Å². The second-order valence-corrected chi connectivity index (χ2v) is 12.3. The lowest BCUT2D eigenvalue weighted by atomic mass is 10.1. The molecular formula is C24H18S4. The molecule has 2 aromatic carbocycles. The molecule has 4 heteroatoms. The van der Waals surface area contributed by atoms with Crippen LogP contribution in [0.25, 0.3) is 40.3 Å². The van der Waals surface area contributed by atoms with Gasteiger partial charge in [0.1, 0.15) is 0 Å². The largest absolute Gasteiger partial charge is 0.141 e. The van der Waals surface area contributed by atoms with Gasteiger partial charge in [-0.15, -0.1) is 45.3 Å². The Morgan fingerprint density at radius 2 is 1.18 bits per heavy atom. The lowest BCUT2D eigenvalue weighted by Crippen LogP contribution is -1.83. The zero-order chi connectivity index (χ0) is 18.8. The molecule has 0 fully saturated rings. The number of hydrogen-bond donors (Lipinski definition) is 0. The first-order valence-corrected chi connectivity index (χ1v) is 12.7. The molecule has 4 aromatic heterocycles. The van der Waals surface area contributed by atoms with Crippen molar-refractivity contribution in [2.75, 3.05) is 0 Å². The Morgan fingerprint density at radius 3 is 2.00 bits per heavy atom. The van der Waals surface area contributed by atoms with Gasteiger partial charge in [0, 0.05) is 39.7 Å². The van der Waals surface area contributed by atoms with E-state index in [0.29, 0.717) is 0 Å². The van der Waals surface area contributed by atoms with Crippen LogP contribution in [0, 0.1) is 13.8 Å². The van der Waals surface area contributed by atoms with Crippen LogP contribution in [0.4, 0.5) is 0 Å². The van der Waals surface area contributed by atoms with Crippen molar-refractivity contribution < 1.29 is 0 Å². The predicted octanol–water partition coefficient (Wildman–Crippen LogP) is 8.95. The van der Waals surface area contributed by atoms with Crippen LogP contribution in [0.1, 0.15) is 19.5 Å². The molecule has 6 aromatic rings. The van der Waals surface area contributed by atoms with Gasteiger partial charge in [-0.1, -0.05) is 12.1 Å². The van der Waals surface area contributed by atoms with E-state index in [9.17, 15) is 0 Å². The fourth-order valence-corrected chi connectivity index (χ4v) is 8.41. The van der Waals surface area contributed by atoms with Gasteiger partial charge in [-0.2, -0.15) is 0 Å². The van der Waals surface area contributed by atoms with Crippen LogP contribution in [0.3, 0.4) is 0 Å². The third kappa shape index (κ3) is 2.74. The highest BCUT2D eigenvalue weighted by atomic mass is 32.1. The maximum absolute atomic E-state index is 2.43. The summed E-state index contributed by atoms with van der Waals surface area (Å²) >= 11 is 7.78. The lowest BCUT2D eigenvalue weighted by Gasteiger charge is -1.94. The number of fused-ring (bicyclic) bond motifs is 6. The second kappa shape index (κ2) is 6.39. The fourth-order valence-electron chi connectivity index (χ4n) is 4.08. The van der Waals surface area contributed by atoms with Gasteiger partial charge in [-0.25, -0.2) is 0 Å². The van der Waals surface area contributed by atoms with Crippen LogP contribution in [-0.4, -0.2) is 0 Å². The van der Waals surface area contributed by atoms with E-state index in [1.54, 1.807) is 0 Å². The first-order chi connectivity index (χ1) is 13.6. The number of hydrogen-bond acceptors (Lipinski definition) is 4. The normalized spacial score (nSPS) is 12.2. The van der Waals surface area contributed by atoms with Crippen molar-refractivity contribution in [1.82, 2.24) is 0 Å². The molecule has 0 saturated carbocycles. The van der Waals surface area contributed by atoms with Gasteiger partial charge in [0.15, 0.2) is 0 Å². The van der Waals surface area contributed by atoms with Crippen molar-refractivity contribution in [3.05, 3.63) is 68.0 Å². The summed E-state index contributed by atoms with van der Waals surface area (Å²) in [5, 5.41) is 5.66. The topological polar surface area (TPSA) is 0 Å². The third-order valence-electron chi connectivity index (χ3n) is 5.33. The summed E-state index contributed by atoms with van der Waals surface area (Å²) in [6, 6.07) is 18.6. The number of thiophene rings is 4. The van der Waals surface area contributed by atoms with Gasteiger partial charge in [-0.3, -0.25) is 0 Å². The Hall–Kier alpha value is -1.72. The van der Waals surface area contributed by atoms with Gasteiger partial charge < -0.3 is 0 Å². The number of rotatable bonds is 3. The Bertz CT molecular complexity index is 1370. The van der Waals surface area contributed by atoms with E-state index < -0.39 is 0 Å². The molecule has 4 heterocycles. The molecule has 0 N–H and O–H groups in total. The van der Waals surface area contributed by atoms with Crippen LogP contribution in [0.5, 0.6) is 0 Å². The molecule has 0 aliphatic heterocycles. The smallest absolute Gasteiger partial charge is 0.0524 e. The molecule has 0 nitrogen and oxygen atoms in total. The summed E-state index contributed by atoms with van der Waals surface area (Å²) in [6.45, 7) is 4.41. The minimum absolute atomic E-state index is 1.13. The van der Waals surface area contributed by atoms with Gasteiger partial charge in [0.25, 0.3) is 0 Å². The van der Waals surface area contributed by atoms with E-state index in [1.165, 1.54) is 59.9 Å². The molecule has 6 rings (SSSR count). The lowest BCUT2D eigenvalue weighted by molar-refractivity contribution is 1.01. The van der Waals surface area contributed by atoms with Crippen molar-refractivity contribution in [1.29, 1.82) is 0 Å². The van der Waals surface area contributed by atoms with E-state index in [1.807, 2.05) is 45.3 Å². The van der Waals surface area contributed by atoms with Crippen molar-refractivity contribution in [2.24, 2.45) is 0 Å². The van der Waals surface area contributed by atoms with Crippen molar-refractivity contribution in [2.45, 2.75) is 26.7 Å². The van der Waals surface area contributed by atoms with Crippen molar-refractivity contribution >= 4 is 85.7 Å². The maximum atomic E-state index is 2.43. The van der Waals surface area contributed by atoms with Crippen LogP contribution < -0.4 is 0 Å². The molecule has 0 saturated heterocycles. The molecule has 138 valence electrons. The van der Waals surface area contributed by atoms with E-state index in [0.717, 1.165) is 12.8 Å². The molecule has 0 bridgehead atoms. The van der Waals surface area contributed by atoms with Gasteiger partial charge in [-0.05, 0) is 73.9 Å². The Morgan fingerprint density at radius 1 is 0.571 bits per heavy atom. The van der Waals surface area contributed by atoms with Crippen LogP contribution in [-0.2, 0) is 12.8 Å². The Kier molecular flexibility index (Phi) is 3.92. The van der Waals surface area contributed by atoms with E-state index in [4.69, 9.17) is 0 Å². The average Bonchev–Trinajstić information content (AvgIpc) is 3.41. The minimum atomic E-state index is 1.13. The molecule has 0 amide bonds. The highest BCUT2D eigenvalue weighted by Crippen LogP contribution is 2.39. The molecule has 0 aliphatic carbocycles. The first-order valence-electron chi connectivity index (χ1n) is 9.47. The maximum Gasteiger partial charge on any atom is 0.0524 e.